The summed E-state index contributed by atoms with van der Waals surface area (Å²) < 4.78 is 6.61. The summed E-state index contributed by atoms with van der Waals surface area (Å²) in [7, 11) is 0. The SMILES string of the molecule is N#Cc1ccc2sc(Oc3cc(N)cc(Cl)c3)nc2c1. The minimum absolute atomic E-state index is 0.483. The Labute approximate surface area is 124 Å². The summed E-state index contributed by atoms with van der Waals surface area (Å²) in [4.78, 5) is 4.34. The zero-order valence-electron chi connectivity index (χ0n) is 10.1. The number of nitrogen functional groups attached to an aromatic ring is 1. The number of rotatable bonds is 2. The quantitative estimate of drug-likeness (QED) is 0.720. The largest absolute Gasteiger partial charge is 0.431 e. The number of benzene rings is 2. The Hall–Kier alpha value is -2.29. The van der Waals surface area contributed by atoms with Crippen LogP contribution < -0.4 is 10.5 Å². The van der Waals surface area contributed by atoms with Gasteiger partial charge in [-0.2, -0.15) is 5.26 Å². The molecule has 0 amide bonds. The normalized spacial score (nSPS) is 10.4. The van der Waals surface area contributed by atoms with Gasteiger partial charge in [-0.3, -0.25) is 0 Å². The third kappa shape index (κ3) is 2.52. The fraction of sp³-hybridized carbons (Fsp3) is 0. The molecule has 1 heterocycles. The average Bonchev–Trinajstić information content (AvgIpc) is 2.78. The van der Waals surface area contributed by atoms with Crippen LogP contribution in [0.2, 0.25) is 5.02 Å². The van der Waals surface area contributed by atoms with E-state index in [1.807, 2.05) is 6.07 Å². The number of ether oxygens (including phenoxy) is 1. The molecule has 0 aliphatic rings. The first kappa shape index (κ1) is 12.7. The number of halogens is 1. The van der Waals surface area contributed by atoms with Gasteiger partial charge in [0.2, 0.25) is 0 Å². The average molecular weight is 302 g/mol. The molecule has 0 bridgehead atoms. The number of nitrogens with two attached hydrogens (primary N) is 1. The maximum atomic E-state index is 8.87. The van der Waals surface area contributed by atoms with Crippen molar-refractivity contribution in [2.75, 3.05) is 5.73 Å². The van der Waals surface area contributed by atoms with E-state index in [2.05, 4.69) is 11.1 Å². The smallest absolute Gasteiger partial charge is 0.279 e. The first-order valence-corrected chi connectivity index (χ1v) is 6.88. The van der Waals surface area contributed by atoms with E-state index in [0.29, 0.717) is 27.2 Å². The lowest BCUT2D eigenvalue weighted by Gasteiger charge is -2.03. The first-order valence-electron chi connectivity index (χ1n) is 5.69. The molecular formula is C14H8ClN3OS. The third-order valence-corrected chi connectivity index (χ3v) is 3.73. The van der Waals surface area contributed by atoms with E-state index in [1.165, 1.54) is 11.3 Å². The Balaban J connectivity index is 1.96. The van der Waals surface area contributed by atoms with Crippen molar-refractivity contribution in [3.05, 3.63) is 47.0 Å². The van der Waals surface area contributed by atoms with Crippen LogP contribution in [0.25, 0.3) is 10.2 Å². The second-order valence-corrected chi connectivity index (χ2v) is 5.53. The molecule has 0 atom stereocenters. The van der Waals surface area contributed by atoms with Crippen LogP contribution in [0.5, 0.6) is 10.9 Å². The summed E-state index contributed by atoms with van der Waals surface area (Å²) in [5.74, 6) is 0.537. The van der Waals surface area contributed by atoms with Crippen LogP contribution in [0.3, 0.4) is 0 Å². The molecule has 1 aromatic heterocycles. The van der Waals surface area contributed by atoms with Crippen LogP contribution in [0, 0.1) is 11.3 Å². The topological polar surface area (TPSA) is 71.9 Å². The molecule has 2 N–H and O–H groups in total. The van der Waals surface area contributed by atoms with Crippen molar-refractivity contribution in [1.82, 2.24) is 4.98 Å². The zero-order chi connectivity index (χ0) is 14.1. The summed E-state index contributed by atoms with van der Waals surface area (Å²) in [6.07, 6.45) is 0. The van der Waals surface area contributed by atoms with Gasteiger partial charge in [-0.15, -0.1) is 0 Å². The van der Waals surface area contributed by atoms with Crippen molar-refractivity contribution < 1.29 is 4.74 Å². The molecule has 0 aliphatic heterocycles. The maximum Gasteiger partial charge on any atom is 0.279 e. The first-order chi connectivity index (χ1) is 9.64. The third-order valence-electron chi connectivity index (χ3n) is 2.60. The van der Waals surface area contributed by atoms with Gasteiger partial charge in [0.05, 0.1) is 21.8 Å². The van der Waals surface area contributed by atoms with Gasteiger partial charge in [0.15, 0.2) is 0 Å². The van der Waals surface area contributed by atoms with Crippen molar-refractivity contribution in [2.24, 2.45) is 0 Å². The van der Waals surface area contributed by atoms with Gasteiger partial charge >= 0.3 is 0 Å². The number of hydrogen-bond donors (Lipinski definition) is 1. The van der Waals surface area contributed by atoms with Crippen molar-refractivity contribution in [2.45, 2.75) is 0 Å². The van der Waals surface area contributed by atoms with Gasteiger partial charge in [-0.25, -0.2) is 4.98 Å². The van der Waals surface area contributed by atoms with Crippen LogP contribution in [0.15, 0.2) is 36.4 Å². The summed E-state index contributed by atoms with van der Waals surface area (Å²) >= 11 is 7.32. The number of fused-ring (bicyclic) bond motifs is 1. The molecule has 0 saturated carbocycles. The van der Waals surface area contributed by atoms with Crippen LogP contribution in [-0.4, -0.2) is 4.98 Å². The van der Waals surface area contributed by atoms with Crippen LogP contribution in [-0.2, 0) is 0 Å². The summed E-state index contributed by atoms with van der Waals surface area (Å²) in [6, 6.07) is 12.4. The monoisotopic (exact) mass is 301 g/mol. The highest BCUT2D eigenvalue weighted by Crippen LogP contribution is 2.33. The zero-order valence-corrected chi connectivity index (χ0v) is 11.7. The van der Waals surface area contributed by atoms with Crippen molar-refractivity contribution >= 4 is 38.8 Å². The lowest BCUT2D eigenvalue weighted by Crippen LogP contribution is -1.87. The molecule has 20 heavy (non-hydrogen) atoms. The number of anilines is 1. The van der Waals surface area contributed by atoms with E-state index in [1.54, 1.807) is 30.3 Å². The van der Waals surface area contributed by atoms with E-state index >= 15 is 0 Å². The van der Waals surface area contributed by atoms with Gasteiger partial charge in [0, 0.05) is 16.8 Å². The summed E-state index contributed by atoms with van der Waals surface area (Å²) in [5.41, 5.74) is 7.54. The molecule has 0 saturated heterocycles. The number of thiazole rings is 1. The fourth-order valence-electron chi connectivity index (χ4n) is 1.76. The fourth-order valence-corrected chi connectivity index (χ4v) is 2.81. The second-order valence-electron chi connectivity index (χ2n) is 4.10. The minimum Gasteiger partial charge on any atom is -0.431 e. The molecule has 0 unspecified atom stereocenters. The van der Waals surface area contributed by atoms with Gasteiger partial charge in [-0.05, 0) is 30.3 Å². The van der Waals surface area contributed by atoms with E-state index in [0.717, 1.165) is 10.2 Å². The summed E-state index contributed by atoms with van der Waals surface area (Å²) in [5, 5.41) is 9.86. The van der Waals surface area contributed by atoms with E-state index in [-0.39, 0.29) is 0 Å². The van der Waals surface area contributed by atoms with Crippen LogP contribution >= 0.6 is 22.9 Å². The van der Waals surface area contributed by atoms with E-state index in [9.17, 15) is 0 Å². The molecule has 98 valence electrons. The number of nitriles is 1. The van der Waals surface area contributed by atoms with Crippen molar-refractivity contribution in [1.29, 1.82) is 5.26 Å². The molecule has 2 aromatic carbocycles. The van der Waals surface area contributed by atoms with Crippen molar-refractivity contribution in [3.63, 3.8) is 0 Å². The van der Waals surface area contributed by atoms with Gasteiger partial charge in [0.1, 0.15) is 5.75 Å². The highest BCUT2D eigenvalue weighted by atomic mass is 35.5. The molecule has 0 fully saturated rings. The molecule has 3 aromatic rings. The molecule has 0 radical (unpaired) electrons. The molecule has 3 rings (SSSR count). The Morgan fingerprint density at radius 1 is 1.25 bits per heavy atom. The molecule has 6 heteroatoms. The highest BCUT2D eigenvalue weighted by Gasteiger charge is 2.08. The van der Waals surface area contributed by atoms with Gasteiger partial charge in [0.25, 0.3) is 5.19 Å². The molecule has 0 spiro atoms. The van der Waals surface area contributed by atoms with E-state index < -0.39 is 0 Å². The van der Waals surface area contributed by atoms with Gasteiger partial charge in [-0.1, -0.05) is 22.9 Å². The molecule has 4 nitrogen and oxygen atoms in total. The predicted molar refractivity (Wildman–Crippen MR) is 80.3 cm³/mol. The second kappa shape index (κ2) is 5.00. The maximum absolute atomic E-state index is 8.87. The standard InChI is InChI=1S/C14H8ClN3OS/c15-9-4-10(17)6-11(5-9)19-14-18-12-3-8(7-16)1-2-13(12)20-14/h1-6H,17H2. The number of aromatic nitrogens is 1. The molecule has 0 aliphatic carbocycles. The highest BCUT2D eigenvalue weighted by molar-refractivity contribution is 7.20. The Kier molecular flexibility index (Phi) is 3.18. The number of nitrogens with zero attached hydrogens (tertiary/aromatic N) is 2. The minimum atomic E-state index is 0.483. The lowest BCUT2D eigenvalue weighted by molar-refractivity contribution is 0.480. The van der Waals surface area contributed by atoms with E-state index in [4.69, 9.17) is 27.3 Å². The summed E-state index contributed by atoms with van der Waals surface area (Å²) in [6.45, 7) is 0. The van der Waals surface area contributed by atoms with Gasteiger partial charge < -0.3 is 10.5 Å². The Morgan fingerprint density at radius 3 is 2.85 bits per heavy atom. The van der Waals surface area contributed by atoms with Crippen LogP contribution in [0.4, 0.5) is 5.69 Å². The Bertz CT molecular complexity index is 818. The molecular weight excluding hydrogens is 294 g/mol. The Morgan fingerprint density at radius 2 is 2.10 bits per heavy atom. The van der Waals surface area contributed by atoms with Crippen LogP contribution in [0.1, 0.15) is 5.56 Å². The van der Waals surface area contributed by atoms with Crippen molar-refractivity contribution in [3.8, 4) is 17.0 Å². The predicted octanol–water partition coefficient (Wildman–Crippen LogP) is 4.20. The lowest BCUT2D eigenvalue weighted by atomic mass is 10.2. The number of hydrogen-bond acceptors (Lipinski definition) is 5.